The third-order valence-electron chi connectivity index (χ3n) is 6.00. The number of aromatic nitrogens is 2. The molecule has 1 aromatic carbocycles. The quantitative estimate of drug-likeness (QED) is 0.830. The number of nitrogens with zero attached hydrogens (tertiary/aromatic N) is 4. The second kappa shape index (κ2) is 7.79. The van der Waals surface area contributed by atoms with E-state index in [-0.39, 0.29) is 17.6 Å². The van der Waals surface area contributed by atoms with Gasteiger partial charge in [0, 0.05) is 31.7 Å². The molecule has 9 heteroatoms. The first-order valence-corrected chi connectivity index (χ1v) is 10.1. The number of carbonyl (C=O) groups is 2. The highest BCUT2D eigenvalue weighted by atomic mass is 19.2. The third kappa shape index (κ3) is 3.58. The number of likely N-dealkylation sites (tertiary alicyclic amines) is 1. The maximum absolute atomic E-state index is 13.8. The van der Waals surface area contributed by atoms with Crippen molar-refractivity contribution in [3.05, 3.63) is 41.2 Å². The number of benzene rings is 1. The van der Waals surface area contributed by atoms with E-state index in [1.807, 2.05) is 18.5 Å². The molecule has 0 aliphatic carbocycles. The Hall–Kier alpha value is -2.81. The zero-order valence-electron chi connectivity index (χ0n) is 17.3. The van der Waals surface area contributed by atoms with Crippen LogP contribution in [0.25, 0.3) is 11.4 Å². The molecule has 2 amide bonds. The van der Waals surface area contributed by atoms with E-state index in [2.05, 4.69) is 15.2 Å². The molecule has 2 aromatic rings. The lowest BCUT2D eigenvalue weighted by Crippen LogP contribution is -2.41. The van der Waals surface area contributed by atoms with E-state index in [9.17, 15) is 18.4 Å². The molecule has 3 heterocycles. The Morgan fingerprint density at radius 1 is 1.20 bits per heavy atom. The Kier molecular flexibility index (Phi) is 5.31. The number of fused-ring (bicyclic) bond motifs is 1. The summed E-state index contributed by atoms with van der Waals surface area (Å²) in [4.78, 5) is 33.7. The number of nitrogens with one attached hydrogen (secondary N) is 1. The van der Waals surface area contributed by atoms with Crippen LogP contribution in [-0.4, -0.2) is 63.9 Å². The Morgan fingerprint density at radius 3 is 2.63 bits per heavy atom. The topological polar surface area (TPSA) is 70.5 Å². The van der Waals surface area contributed by atoms with Crippen LogP contribution < -0.4 is 5.32 Å². The lowest BCUT2D eigenvalue weighted by molar-refractivity contribution is -0.128. The summed E-state index contributed by atoms with van der Waals surface area (Å²) in [6.45, 7) is 3.87. The Morgan fingerprint density at radius 2 is 1.97 bits per heavy atom. The molecule has 1 unspecified atom stereocenters. The van der Waals surface area contributed by atoms with Gasteiger partial charge in [0.25, 0.3) is 5.91 Å². The Bertz CT molecular complexity index is 1010. The number of likely N-dealkylation sites (N-methyl/N-ethyl adjacent to an activating group) is 1. The number of hydrogen-bond acceptors (Lipinski definition) is 4. The summed E-state index contributed by atoms with van der Waals surface area (Å²) in [6.07, 6.45) is 1.37. The molecule has 0 spiro atoms. The summed E-state index contributed by atoms with van der Waals surface area (Å²) in [5.74, 6) is -2.03. The van der Waals surface area contributed by atoms with Crippen molar-refractivity contribution in [2.24, 2.45) is 0 Å². The lowest BCUT2D eigenvalue weighted by Gasteiger charge is -2.15. The summed E-state index contributed by atoms with van der Waals surface area (Å²) in [5.41, 5.74) is 1.33. The van der Waals surface area contributed by atoms with Crippen LogP contribution in [0.5, 0.6) is 0 Å². The highest BCUT2D eigenvalue weighted by Crippen LogP contribution is 2.27. The van der Waals surface area contributed by atoms with Gasteiger partial charge in [0.15, 0.2) is 17.3 Å². The largest absolute Gasteiger partial charge is 0.341 e. The third-order valence-corrected chi connectivity index (χ3v) is 6.00. The molecule has 160 valence electrons. The first kappa shape index (κ1) is 20.5. The van der Waals surface area contributed by atoms with Gasteiger partial charge in [0.1, 0.15) is 11.9 Å². The highest BCUT2D eigenvalue weighted by molar-refractivity contribution is 5.98. The zero-order valence-corrected chi connectivity index (χ0v) is 17.3. The van der Waals surface area contributed by atoms with Gasteiger partial charge in [0.05, 0.1) is 5.69 Å². The van der Waals surface area contributed by atoms with Gasteiger partial charge in [0.2, 0.25) is 5.91 Å². The summed E-state index contributed by atoms with van der Waals surface area (Å²) in [5, 5.41) is 2.82. The first-order valence-electron chi connectivity index (χ1n) is 10.1. The van der Waals surface area contributed by atoms with Gasteiger partial charge in [-0.15, -0.1) is 0 Å². The van der Waals surface area contributed by atoms with Crippen molar-refractivity contribution in [3.8, 4) is 11.4 Å². The summed E-state index contributed by atoms with van der Waals surface area (Å²) in [6, 6.07) is 3.07. The molecule has 2 atom stereocenters. The second-order valence-electron chi connectivity index (χ2n) is 8.16. The minimum Gasteiger partial charge on any atom is -0.341 e. The van der Waals surface area contributed by atoms with Crippen LogP contribution in [0.2, 0.25) is 0 Å². The number of rotatable bonds is 3. The van der Waals surface area contributed by atoms with Crippen molar-refractivity contribution in [2.75, 3.05) is 20.6 Å². The molecule has 2 aliphatic rings. The van der Waals surface area contributed by atoms with Crippen molar-refractivity contribution in [3.63, 3.8) is 0 Å². The van der Waals surface area contributed by atoms with Crippen molar-refractivity contribution >= 4 is 11.8 Å². The Balaban J connectivity index is 1.72. The summed E-state index contributed by atoms with van der Waals surface area (Å²) >= 11 is 0. The standard InChI is InChI=1S/C21H25F2N5O2/c1-12-9-16(21(30)27(12)3)24-20(29)18-17-11-26(2)7-4-8-28(17)19(25-18)13-5-6-14(22)15(23)10-13/h5-6,10,12,16H,4,7-9,11H2,1-3H3,(H,24,29)/t12?,16-/m0/s1. The van der Waals surface area contributed by atoms with Crippen LogP contribution in [0.1, 0.15) is 35.9 Å². The fourth-order valence-corrected chi connectivity index (χ4v) is 4.17. The molecule has 0 saturated carbocycles. The molecule has 0 bridgehead atoms. The zero-order chi connectivity index (χ0) is 21.6. The highest BCUT2D eigenvalue weighted by Gasteiger charge is 2.37. The summed E-state index contributed by atoms with van der Waals surface area (Å²) in [7, 11) is 3.68. The fourth-order valence-electron chi connectivity index (χ4n) is 4.17. The van der Waals surface area contributed by atoms with Gasteiger partial charge in [-0.3, -0.25) is 9.59 Å². The van der Waals surface area contributed by atoms with Gasteiger partial charge in [-0.05, 0) is 51.6 Å². The number of carbonyl (C=O) groups excluding carboxylic acids is 2. The molecule has 1 aromatic heterocycles. The van der Waals surface area contributed by atoms with E-state index in [4.69, 9.17) is 0 Å². The molecule has 2 aliphatic heterocycles. The van der Waals surface area contributed by atoms with E-state index in [0.29, 0.717) is 36.6 Å². The maximum Gasteiger partial charge on any atom is 0.272 e. The number of halogens is 2. The van der Waals surface area contributed by atoms with E-state index >= 15 is 0 Å². The molecule has 30 heavy (non-hydrogen) atoms. The summed E-state index contributed by atoms with van der Waals surface area (Å²) < 4.78 is 29.2. The molecule has 1 fully saturated rings. The van der Waals surface area contributed by atoms with E-state index in [1.54, 1.807) is 11.9 Å². The molecule has 4 rings (SSSR count). The van der Waals surface area contributed by atoms with Crippen LogP contribution in [-0.2, 0) is 17.9 Å². The fraction of sp³-hybridized carbons (Fsp3) is 0.476. The number of imidazole rings is 1. The van der Waals surface area contributed by atoms with E-state index in [1.165, 1.54) is 6.07 Å². The van der Waals surface area contributed by atoms with Crippen LogP contribution in [0.4, 0.5) is 8.78 Å². The average Bonchev–Trinajstić information content (AvgIpc) is 3.08. The van der Waals surface area contributed by atoms with Crippen molar-refractivity contribution in [1.82, 2.24) is 24.7 Å². The van der Waals surface area contributed by atoms with Gasteiger partial charge in [-0.2, -0.15) is 0 Å². The predicted octanol–water partition coefficient (Wildman–Crippen LogP) is 2.01. The second-order valence-corrected chi connectivity index (χ2v) is 8.16. The molecule has 0 radical (unpaired) electrons. The van der Waals surface area contributed by atoms with Crippen molar-refractivity contribution in [2.45, 2.75) is 44.9 Å². The van der Waals surface area contributed by atoms with Crippen LogP contribution >= 0.6 is 0 Å². The Labute approximate surface area is 173 Å². The van der Waals surface area contributed by atoms with Crippen molar-refractivity contribution < 1.29 is 18.4 Å². The van der Waals surface area contributed by atoms with Crippen LogP contribution in [0.3, 0.4) is 0 Å². The normalized spacial score (nSPS) is 22.2. The predicted molar refractivity (Wildman–Crippen MR) is 107 cm³/mol. The monoisotopic (exact) mass is 417 g/mol. The van der Waals surface area contributed by atoms with Gasteiger partial charge in [-0.25, -0.2) is 13.8 Å². The average molecular weight is 417 g/mol. The van der Waals surface area contributed by atoms with Gasteiger partial charge in [-0.1, -0.05) is 0 Å². The first-order chi connectivity index (χ1) is 14.3. The van der Waals surface area contributed by atoms with Gasteiger partial charge >= 0.3 is 0 Å². The van der Waals surface area contributed by atoms with Gasteiger partial charge < -0.3 is 19.7 Å². The van der Waals surface area contributed by atoms with E-state index < -0.39 is 23.6 Å². The number of amides is 2. The minimum absolute atomic E-state index is 0.0470. The number of hydrogen-bond donors (Lipinski definition) is 1. The van der Waals surface area contributed by atoms with Crippen LogP contribution in [0, 0.1) is 11.6 Å². The van der Waals surface area contributed by atoms with E-state index in [0.717, 1.165) is 25.1 Å². The van der Waals surface area contributed by atoms with Crippen LogP contribution in [0.15, 0.2) is 18.2 Å². The minimum atomic E-state index is -0.963. The SMILES string of the molecule is CC1C[C@H](NC(=O)c2nc(-c3ccc(F)c(F)c3)n3c2CN(C)CCC3)C(=O)N1C. The lowest BCUT2D eigenvalue weighted by atomic mass is 10.2. The smallest absolute Gasteiger partial charge is 0.272 e. The molecule has 1 N–H and O–H groups in total. The molecule has 1 saturated heterocycles. The van der Waals surface area contributed by atoms with Crippen molar-refractivity contribution in [1.29, 1.82) is 0 Å². The maximum atomic E-state index is 13.8. The molecule has 7 nitrogen and oxygen atoms in total. The molecular weight excluding hydrogens is 392 g/mol. The molecular formula is C21H25F2N5O2.